The first-order valence-electron chi connectivity index (χ1n) is 7.91. The van der Waals surface area contributed by atoms with Crippen LogP contribution in [-0.4, -0.2) is 32.6 Å². The number of hydrogen-bond acceptors (Lipinski definition) is 3. The molecule has 0 spiro atoms. The van der Waals surface area contributed by atoms with Crippen LogP contribution >= 0.6 is 0 Å². The monoisotopic (exact) mass is 329 g/mol. The zero-order valence-electron chi connectivity index (χ0n) is 14.4. The largest absolute Gasteiger partial charge is 0.480 e. The number of aromatic nitrogens is 2. The number of carboxylic acids is 1. The smallest absolute Gasteiger partial charge is 0.326 e. The molecule has 6 nitrogen and oxygen atoms in total. The van der Waals surface area contributed by atoms with Crippen molar-refractivity contribution in [3.05, 3.63) is 53.1 Å². The van der Waals surface area contributed by atoms with Crippen LogP contribution in [0.3, 0.4) is 0 Å². The van der Waals surface area contributed by atoms with Crippen molar-refractivity contribution in [2.45, 2.75) is 40.3 Å². The highest BCUT2D eigenvalue weighted by atomic mass is 16.4. The summed E-state index contributed by atoms with van der Waals surface area (Å²) in [6.07, 6.45) is 1.73. The van der Waals surface area contributed by atoms with Gasteiger partial charge in [-0.1, -0.05) is 19.9 Å². The van der Waals surface area contributed by atoms with Crippen molar-refractivity contribution in [1.29, 1.82) is 0 Å². The molecule has 1 amide bonds. The summed E-state index contributed by atoms with van der Waals surface area (Å²) in [5.74, 6) is -1.58. The van der Waals surface area contributed by atoms with Crippen LogP contribution in [-0.2, 0) is 11.3 Å². The highest BCUT2D eigenvalue weighted by Gasteiger charge is 2.25. The molecule has 0 unspecified atom stereocenters. The number of amides is 1. The van der Waals surface area contributed by atoms with Crippen LogP contribution in [0.1, 0.15) is 41.3 Å². The van der Waals surface area contributed by atoms with Crippen molar-refractivity contribution in [2.75, 3.05) is 0 Å². The number of carboxylic acid groups (broad SMARTS) is 1. The molecule has 6 heteroatoms. The van der Waals surface area contributed by atoms with Gasteiger partial charge in [0.1, 0.15) is 6.04 Å². The van der Waals surface area contributed by atoms with Crippen LogP contribution in [0.25, 0.3) is 0 Å². The molecule has 0 fully saturated rings. The lowest BCUT2D eigenvalue weighted by Gasteiger charge is -2.18. The minimum absolute atomic E-state index is 0.191. The maximum absolute atomic E-state index is 12.5. The molecule has 2 aromatic heterocycles. The Balaban J connectivity index is 2.24. The fourth-order valence-electron chi connectivity index (χ4n) is 2.66. The molecular weight excluding hydrogens is 306 g/mol. The summed E-state index contributed by atoms with van der Waals surface area (Å²) in [5.41, 5.74) is 3.12. The zero-order valence-corrected chi connectivity index (χ0v) is 14.4. The second-order valence-electron chi connectivity index (χ2n) is 6.23. The number of nitrogens with one attached hydrogen (secondary N) is 1. The Morgan fingerprint density at radius 1 is 1.29 bits per heavy atom. The summed E-state index contributed by atoms with van der Waals surface area (Å²) in [6.45, 7) is 7.88. The van der Waals surface area contributed by atoms with Gasteiger partial charge in [-0.3, -0.25) is 9.78 Å². The molecule has 0 radical (unpaired) electrons. The Morgan fingerprint density at radius 3 is 2.54 bits per heavy atom. The second kappa shape index (κ2) is 7.29. The van der Waals surface area contributed by atoms with Gasteiger partial charge in [0.15, 0.2) is 0 Å². The minimum atomic E-state index is -1.03. The predicted molar refractivity (Wildman–Crippen MR) is 91.0 cm³/mol. The van der Waals surface area contributed by atoms with Crippen molar-refractivity contribution >= 4 is 11.9 Å². The molecule has 2 aromatic rings. The number of nitrogens with zero attached hydrogens (tertiary/aromatic N) is 2. The van der Waals surface area contributed by atoms with Gasteiger partial charge in [0.05, 0.1) is 17.8 Å². The first kappa shape index (κ1) is 17.7. The van der Waals surface area contributed by atoms with Gasteiger partial charge in [-0.25, -0.2) is 4.79 Å². The maximum Gasteiger partial charge on any atom is 0.326 e. The molecule has 2 heterocycles. The number of carbonyl (C=O) groups is 2. The van der Waals surface area contributed by atoms with E-state index in [1.165, 1.54) is 0 Å². The molecule has 24 heavy (non-hydrogen) atoms. The van der Waals surface area contributed by atoms with Gasteiger partial charge in [0.25, 0.3) is 5.91 Å². The summed E-state index contributed by atoms with van der Waals surface area (Å²) in [7, 11) is 0. The van der Waals surface area contributed by atoms with Gasteiger partial charge in [-0.2, -0.15) is 0 Å². The van der Waals surface area contributed by atoms with Crippen LogP contribution in [0.2, 0.25) is 0 Å². The highest BCUT2D eigenvalue weighted by Crippen LogP contribution is 2.17. The molecule has 0 aliphatic heterocycles. The van der Waals surface area contributed by atoms with Gasteiger partial charge in [-0.15, -0.1) is 0 Å². The standard InChI is InChI=1S/C18H23N3O3/c1-11(2)16(18(23)24)20-17(22)15-9-12(3)21(13(15)4)10-14-7-5-6-8-19-14/h5-9,11,16H,10H2,1-4H3,(H,20,22)(H,23,24)/t16-/m0/s1. The molecule has 1 atom stereocenters. The minimum Gasteiger partial charge on any atom is -0.480 e. The van der Waals surface area contributed by atoms with Crippen molar-refractivity contribution in [3.8, 4) is 0 Å². The highest BCUT2D eigenvalue weighted by molar-refractivity contribution is 5.97. The molecular formula is C18H23N3O3. The van der Waals surface area contributed by atoms with Crippen LogP contribution in [0.15, 0.2) is 30.5 Å². The van der Waals surface area contributed by atoms with Crippen LogP contribution in [0, 0.1) is 19.8 Å². The number of rotatable bonds is 6. The third kappa shape index (κ3) is 3.82. The van der Waals surface area contributed by atoms with E-state index in [0.29, 0.717) is 12.1 Å². The Bertz CT molecular complexity index is 735. The Labute approximate surface area is 141 Å². The Kier molecular flexibility index (Phi) is 5.39. The van der Waals surface area contributed by atoms with E-state index >= 15 is 0 Å². The summed E-state index contributed by atoms with van der Waals surface area (Å²) in [4.78, 5) is 28.1. The molecule has 0 aliphatic rings. The van der Waals surface area contributed by atoms with Gasteiger partial charge in [0, 0.05) is 17.6 Å². The average molecular weight is 329 g/mol. The third-order valence-electron chi connectivity index (χ3n) is 4.08. The molecule has 0 aliphatic carbocycles. The lowest BCUT2D eigenvalue weighted by atomic mass is 10.0. The summed E-state index contributed by atoms with van der Waals surface area (Å²) in [6, 6.07) is 6.58. The fraction of sp³-hybridized carbons (Fsp3) is 0.389. The van der Waals surface area contributed by atoms with Gasteiger partial charge < -0.3 is 15.0 Å². The van der Waals surface area contributed by atoms with E-state index in [-0.39, 0.29) is 11.8 Å². The van der Waals surface area contributed by atoms with Crippen molar-refractivity contribution in [3.63, 3.8) is 0 Å². The van der Waals surface area contributed by atoms with Gasteiger partial charge >= 0.3 is 5.97 Å². The molecule has 2 rings (SSSR count). The molecule has 128 valence electrons. The van der Waals surface area contributed by atoms with E-state index < -0.39 is 12.0 Å². The molecule has 0 saturated heterocycles. The normalized spacial score (nSPS) is 12.2. The number of aryl methyl sites for hydroxylation is 1. The van der Waals surface area contributed by atoms with Crippen LogP contribution in [0.5, 0.6) is 0 Å². The molecule has 2 N–H and O–H groups in total. The summed E-state index contributed by atoms with van der Waals surface area (Å²) in [5, 5.41) is 11.8. The fourth-order valence-corrected chi connectivity index (χ4v) is 2.66. The maximum atomic E-state index is 12.5. The Hall–Kier alpha value is -2.63. The van der Waals surface area contributed by atoms with Crippen LogP contribution in [0.4, 0.5) is 0 Å². The first-order chi connectivity index (χ1) is 11.3. The van der Waals surface area contributed by atoms with E-state index in [0.717, 1.165) is 17.1 Å². The van der Waals surface area contributed by atoms with Crippen LogP contribution < -0.4 is 5.32 Å². The zero-order chi connectivity index (χ0) is 17.9. The van der Waals surface area contributed by atoms with E-state index in [4.69, 9.17) is 0 Å². The average Bonchev–Trinajstić information content (AvgIpc) is 2.81. The van der Waals surface area contributed by atoms with Gasteiger partial charge in [0.2, 0.25) is 0 Å². The van der Waals surface area contributed by atoms with E-state index in [2.05, 4.69) is 10.3 Å². The van der Waals surface area contributed by atoms with Crippen molar-refractivity contribution in [1.82, 2.24) is 14.9 Å². The van der Waals surface area contributed by atoms with E-state index in [1.54, 1.807) is 26.1 Å². The van der Waals surface area contributed by atoms with Crippen molar-refractivity contribution in [2.24, 2.45) is 5.92 Å². The van der Waals surface area contributed by atoms with E-state index in [1.807, 2.05) is 36.6 Å². The number of carbonyl (C=O) groups excluding carboxylic acids is 1. The summed E-state index contributed by atoms with van der Waals surface area (Å²) >= 11 is 0. The molecule has 0 bridgehead atoms. The summed E-state index contributed by atoms with van der Waals surface area (Å²) < 4.78 is 2.00. The number of aliphatic carboxylic acids is 1. The van der Waals surface area contributed by atoms with E-state index in [9.17, 15) is 14.7 Å². The second-order valence-corrected chi connectivity index (χ2v) is 6.23. The van der Waals surface area contributed by atoms with Gasteiger partial charge in [-0.05, 0) is 38.0 Å². The molecule has 0 saturated carbocycles. The number of hydrogen-bond donors (Lipinski definition) is 2. The third-order valence-corrected chi connectivity index (χ3v) is 4.08. The van der Waals surface area contributed by atoms with Crippen molar-refractivity contribution < 1.29 is 14.7 Å². The molecule has 0 aromatic carbocycles. The topological polar surface area (TPSA) is 84.2 Å². The lowest BCUT2D eigenvalue weighted by molar-refractivity contribution is -0.140. The lowest BCUT2D eigenvalue weighted by Crippen LogP contribution is -2.44. The Morgan fingerprint density at radius 2 is 2.00 bits per heavy atom. The quantitative estimate of drug-likeness (QED) is 0.852. The first-order valence-corrected chi connectivity index (χ1v) is 7.91. The SMILES string of the molecule is Cc1cc(C(=O)N[C@H](C(=O)O)C(C)C)c(C)n1Cc1ccccn1. The number of pyridine rings is 1. The predicted octanol–water partition coefficient (Wildman–Crippen LogP) is 2.39.